The molecular formula is C21H15Cl3N2O4. The van der Waals surface area contributed by atoms with Gasteiger partial charge in [0, 0.05) is 5.02 Å². The number of benzene rings is 2. The molecule has 4 rings (SSSR count). The van der Waals surface area contributed by atoms with E-state index in [9.17, 15) is 0 Å². The van der Waals surface area contributed by atoms with E-state index in [-0.39, 0.29) is 12.5 Å². The number of hydrogen-bond acceptors (Lipinski definition) is 6. The summed E-state index contributed by atoms with van der Waals surface area (Å²) >= 11 is 18.2. The van der Waals surface area contributed by atoms with Crippen LogP contribution in [0.2, 0.25) is 15.1 Å². The minimum atomic E-state index is 0.119. The van der Waals surface area contributed by atoms with Crippen LogP contribution in [0.15, 0.2) is 57.4 Å². The van der Waals surface area contributed by atoms with Gasteiger partial charge in [0.1, 0.15) is 18.1 Å². The Labute approximate surface area is 187 Å². The first kappa shape index (κ1) is 20.6. The van der Waals surface area contributed by atoms with Crippen LogP contribution in [0.5, 0.6) is 11.5 Å². The molecule has 0 atom stereocenters. The number of aromatic nitrogens is 2. The first-order chi connectivity index (χ1) is 14.5. The molecule has 0 saturated heterocycles. The van der Waals surface area contributed by atoms with E-state index in [1.807, 2.05) is 24.3 Å². The van der Waals surface area contributed by atoms with Gasteiger partial charge >= 0.3 is 0 Å². The molecule has 0 amide bonds. The van der Waals surface area contributed by atoms with Gasteiger partial charge in [0.05, 0.1) is 23.6 Å². The summed E-state index contributed by atoms with van der Waals surface area (Å²) in [6, 6.07) is 14.2. The van der Waals surface area contributed by atoms with Gasteiger partial charge in [0.15, 0.2) is 11.5 Å². The number of hydrogen-bond donors (Lipinski definition) is 0. The van der Waals surface area contributed by atoms with Crippen LogP contribution in [0.3, 0.4) is 0 Å². The van der Waals surface area contributed by atoms with Crippen LogP contribution in [0.25, 0.3) is 11.7 Å². The fraction of sp³-hybridized carbons (Fsp3) is 0.143. The molecule has 0 N–H and O–H groups in total. The van der Waals surface area contributed by atoms with Gasteiger partial charge in [0.25, 0.3) is 5.89 Å². The lowest BCUT2D eigenvalue weighted by Crippen LogP contribution is -1.95. The third-order valence-corrected chi connectivity index (χ3v) is 4.96. The zero-order chi connectivity index (χ0) is 21.1. The molecule has 0 aliphatic carbocycles. The Balaban J connectivity index is 1.42. The molecule has 154 valence electrons. The maximum atomic E-state index is 6.12. The van der Waals surface area contributed by atoms with Crippen LogP contribution < -0.4 is 9.47 Å². The smallest absolute Gasteiger partial charge is 0.283 e. The Kier molecular flexibility index (Phi) is 6.18. The molecule has 0 aliphatic rings. The van der Waals surface area contributed by atoms with Crippen molar-refractivity contribution in [3.05, 3.63) is 80.8 Å². The fourth-order valence-corrected chi connectivity index (χ4v) is 3.65. The molecule has 0 radical (unpaired) electrons. The van der Waals surface area contributed by atoms with Crippen molar-refractivity contribution in [1.29, 1.82) is 0 Å². The van der Waals surface area contributed by atoms with E-state index in [0.717, 1.165) is 11.3 Å². The van der Waals surface area contributed by atoms with Crippen LogP contribution in [0, 0.1) is 0 Å². The SMILES string of the molecule is COc1ccc(Cc2nnc(-c3ccc(COc4c(Cl)cc(Cl)cc4Cl)o3)o2)cc1. The first-order valence-corrected chi connectivity index (χ1v) is 9.97. The molecule has 6 nitrogen and oxygen atoms in total. The molecule has 4 aromatic rings. The lowest BCUT2D eigenvalue weighted by atomic mass is 10.1. The lowest BCUT2D eigenvalue weighted by molar-refractivity contribution is 0.271. The van der Waals surface area contributed by atoms with E-state index in [2.05, 4.69) is 10.2 Å². The van der Waals surface area contributed by atoms with Crippen LogP contribution in [0.1, 0.15) is 17.2 Å². The molecular weight excluding hydrogens is 451 g/mol. The van der Waals surface area contributed by atoms with Gasteiger partial charge in [0.2, 0.25) is 5.89 Å². The van der Waals surface area contributed by atoms with Gasteiger partial charge in [-0.05, 0) is 42.0 Å². The molecule has 9 heteroatoms. The minimum absolute atomic E-state index is 0.119. The summed E-state index contributed by atoms with van der Waals surface area (Å²) in [6.07, 6.45) is 0.501. The third-order valence-electron chi connectivity index (χ3n) is 4.18. The first-order valence-electron chi connectivity index (χ1n) is 8.83. The van der Waals surface area contributed by atoms with E-state index in [1.165, 1.54) is 0 Å². The van der Waals surface area contributed by atoms with E-state index >= 15 is 0 Å². The number of ether oxygens (including phenoxy) is 2. The topological polar surface area (TPSA) is 70.5 Å². The highest BCUT2D eigenvalue weighted by molar-refractivity contribution is 6.40. The highest BCUT2D eigenvalue weighted by Gasteiger charge is 2.15. The molecule has 0 spiro atoms. The second-order valence-electron chi connectivity index (χ2n) is 6.28. The molecule has 0 aliphatic heterocycles. The van der Waals surface area contributed by atoms with Gasteiger partial charge in [-0.1, -0.05) is 46.9 Å². The predicted molar refractivity (Wildman–Crippen MR) is 114 cm³/mol. The van der Waals surface area contributed by atoms with Crippen LogP contribution >= 0.6 is 34.8 Å². The van der Waals surface area contributed by atoms with Crippen molar-refractivity contribution in [2.45, 2.75) is 13.0 Å². The second kappa shape index (κ2) is 9.00. The summed E-state index contributed by atoms with van der Waals surface area (Å²) in [5, 5.41) is 9.20. The molecule has 2 aromatic heterocycles. The monoisotopic (exact) mass is 464 g/mol. The maximum absolute atomic E-state index is 6.12. The average molecular weight is 466 g/mol. The van der Waals surface area contributed by atoms with Crippen molar-refractivity contribution in [3.63, 3.8) is 0 Å². The lowest BCUT2D eigenvalue weighted by Gasteiger charge is -2.08. The standard InChI is InChI=1S/C21H15Cl3N2O4/c1-27-14-4-2-12(3-5-14)8-19-25-26-21(30-19)18-7-6-15(29-18)11-28-20-16(23)9-13(22)10-17(20)24/h2-7,9-10H,8,11H2,1H3. The molecule has 2 aromatic carbocycles. The molecule has 0 fully saturated rings. The largest absolute Gasteiger partial charge is 0.497 e. The Hall–Kier alpha value is -2.67. The number of methoxy groups -OCH3 is 1. The molecule has 0 saturated carbocycles. The summed E-state index contributed by atoms with van der Waals surface area (Å²) in [7, 11) is 1.63. The Bertz CT molecular complexity index is 1130. The Morgan fingerprint density at radius 2 is 1.63 bits per heavy atom. The summed E-state index contributed by atoms with van der Waals surface area (Å²) in [5.74, 6) is 2.87. The van der Waals surface area contributed by atoms with Crippen molar-refractivity contribution in [3.8, 4) is 23.1 Å². The van der Waals surface area contributed by atoms with Gasteiger partial charge < -0.3 is 18.3 Å². The Morgan fingerprint density at radius 1 is 0.900 bits per heavy atom. The van der Waals surface area contributed by atoms with E-state index < -0.39 is 0 Å². The number of furan rings is 1. The van der Waals surface area contributed by atoms with E-state index in [0.29, 0.717) is 44.6 Å². The van der Waals surface area contributed by atoms with Crippen molar-refractivity contribution >= 4 is 34.8 Å². The van der Waals surface area contributed by atoms with Gasteiger partial charge in [-0.2, -0.15) is 0 Å². The van der Waals surface area contributed by atoms with Crippen molar-refractivity contribution < 1.29 is 18.3 Å². The summed E-state index contributed by atoms with van der Waals surface area (Å²) in [4.78, 5) is 0. The second-order valence-corrected chi connectivity index (χ2v) is 7.53. The normalized spacial score (nSPS) is 10.9. The van der Waals surface area contributed by atoms with Gasteiger partial charge in [-0.3, -0.25) is 0 Å². The zero-order valence-corrected chi connectivity index (χ0v) is 18.0. The van der Waals surface area contributed by atoms with Crippen molar-refractivity contribution in [2.75, 3.05) is 7.11 Å². The maximum Gasteiger partial charge on any atom is 0.283 e. The minimum Gasteiger partial charge on any atom is -0.497 e. The highest BCUT2D eigenvalue weighted by Crippen LogP contribution is 2.36. The third kappa shape index (κ3) is 4.73. The fourth-order valence-electron chi connectivity index (χ4n) is 2.72. The molecule has 30 heavy (non-hydrogen) atoms. The van der Waals surface area contributed by atoms with Gasteiger partial charge in [-0.25, -0.2) is 0 Å². The van der Waals surface area contributed by atoms with Gasteiger partial charge in [-0.15, -0.1) is 10.2 Å². The van der Waals surface area contributed by atoms with Crippen LogP contribution in [-0.2, 0) is 13.0 Å². The van der Waals surface area contributed by atoms with Crippen molar-refractivity contribution in [1.82, 2.24) is 10.2 Å². The number of rotatable bonds is 7. The van der Waals surface area contributed by atoms with Crippen molar-refractivity contribution in [2.24, 2.45) is 0 Å². The predicted octanol–water partition coefficient (Wildman–Crippen LogP) is 6.47. The highest BCUT2D eigenvalue weighted by atomic mass is 35.5. The summed E-state index contributed by atoms with van der Waals surface area (Å²) < 4.78 is 22.3. The Morgan fingerprint density at radius 3 is 2.33 bits per heavy atom. The molecule has 0 unspecified atom stereocenters. The van der Waals surface area contributed by atoms with Crippen LogP contribution in [-0.4, -0.2) is 17.3 Å². The number of nitrogens with zero attached hydrogens (tertiary/aromatic N) is 2. The van der Waals surface area contributed by atoms with E-state index in [4.69, 9.17) is 53.1 Å². The van der Waals surface area contributed by atoms with E-state index in [1.54, 1.807) is 31.4 Å². The molecule has 2 heterocycles. The zero-order valence-electron chi connectivity index (χ0n) is 15.7. The van der Waals surface area contributed by atoms with Crippen LogP contribution in [0.4, 0.5) is 0 Å². The quantitative estimate of drug-likeness (QED) is 0.311. The molecule has 0 bridgehead atoms. The number of halogens is 3. The summed E-state index contributed by atoms with van der Waals surface area (Å²) in [6.45, 7) is 0.119. The summed E-state index contributed by atoms with van der Waals surface area (Å²) in [5.41, 5.74) is 1.02. The average Bonchev–Trinajstić information content (AvgIpc) is 3.37.